The van der Waals surface area contributed by atoms with Crippen LogP contribution in [0.3, 0.4) is 0 Å². The lowest BCUT2D eigenvalue weighted by Gasteiger charge is -2.43. The van der Waals surface area contributed by atoms with Gasteiger partial charge in [-0.15, -0.1) is 10.2 Å². The highest BCUT2D eigenvalue weighted by molar-refractivity contribution is 5.59. The first kappa shape index (κ1) is 25.8. The van der Waals surface area contributed by atoms with Crippen LogP contribution in [0.5, 0.6) is 0 Å². The van der Waals surface area contributed by atoms with E-state index in [9.17, 15) is 19.0 Å². The van der Waals surface area contributed by atoms with E-state index < -0.39 is 48.7 Å². The fraction of sp³-hybridized carbons (Fsp3) is 0.600. The van der Waals surface area contributed by atoms with E-state index in [0.717, 1.165) is 6.42 Å². The van der Waals surface area contributed by atoms with E-state index in [1.54, 1.807) is 0 Å². The predicted octanol–water partition coefficient (Wildman–Crippen LogP) is 2.26. The quantitative estimate of drug-likeness (QED) is 0.466. The Bertz CT molecular complexity index is 1250. The van der Waals surface area contributed by atoms with Gasteiger partial charge in [-0.2, -0.15) is 0 Å². The lowest BCUT2D eigenvalue weighted by Crippen LogP contribution is -2.57. The van der Waals surface area contributed by atoms with Crippen molar-refractivity contribution in [3.05, 3.63) is 47.4 Å². The second-order valence-electron chi connectivity index (χ2n) is 10.3. The molecule has 1 aromatic carbocycles. The summed E-state index contributed by atoms with van der Waals surface area (Å²) in [6.07, 6.45) is 1.31. The minimum atomic E-state index is -1.20. The number of aryl methyl sites for hydroxylation is 1. The maximum Gasteiger partial charge on any atom is 0.168 e. The highest BCUT2D eigenvalue weighted by Crippen LogP contribution is 2.47. The molecule has 1 aliphatic heterocycles. The Morgan fingerprint density at radius 3 is 2.54 bits per heavy atom. The molecule has 1 saturated carbocycles. The number of ether oxygens (including phenoxy) is 2. The zero-order valence-corrected chi connectivity index (χ0v) is 21.2. The van der Waals surface area contributed by atoms with Crippen molar-refractivity contribution in [2.24, 2.45) is 11.8 Å². The molecule has 0 bridgehead atoms. The van der Waals surface area contributed by atoms with Crippen molar-refractivity contribution < 1.29 is 28.5 Å². The van der Waals surface area contributed by atoms with Gasteiger partial charge in [-0.3, -0.25) is 0 Å². The lowest BCUT2D eigenvalue weighted by molar-refractivity contribution is -0.212. The van der Waals surface area contributed by atoms with Crippen LogP contribution in [0.4, 0.5) is 8.78 Å². The molecule has 3 aromatic rings. The largest absolute Gasteiger partial charge is 0.394 e. The number of aliphatic hydroxyl groups is 2. The molecule has 0 radical (unpaired) electrons. The zero-order chi connectivity index (χ0) is 26.4. The second-order valence-corrected chi connectivity index (χ2v) is 10.3. The maximum absolute atomic E-state index is 14.6. The van der Waals surface area contributed by atoms with E-state index in [0.29, 0.717) is 30.0 Å². The number of rotatable bonds is 8. The highest BCUT2D eigenvalue weighted by atomic mass is 19.2. The fourth-order valence-corrected chi connectivity index (χ4v) is 5.32. The Balaban J connectivity index is 1.40. The topological polar surface area (TPSA) is 120 Å². The number of benzene rings is 1. The first-order chi connectivity index (χ1) is 17.7. The van der Waals surface area contributed by atoms with Crippen LogP contribution in [-0.4, -0.2) is 78.3 Å². The van der Waals surface area contributed by atoms with Crippen molar-refractivity contribution in [3.63, 3.8) is 0 Å². The van der Waals surface area contributed by atoms with Crippen LogP contribution in [0.25, 0.3) is 11.3 Å². The Labute approximate surface area is 213 Å². The molecular formula is C25H32F2N6O4. The molecular weight excluding hydrogens is 486 g/mol. The summed E-state index contributed by atoms with van der Waals surface area (Å²) in [5.74, 6) is -0.819. The first-order valence-electron chi connectivity index (χ1n) is 12.5. The molecule has 2 aliphatic rings. The molecule has 10 nitrogen and oxygen atoms in total. The lowest BCUT2D eigenvalue weighted by atomic mass is 9.90. The molecule has 2 N–H and O–H groups in total. The van der Waals surface area contributed by atoms with Crippen molar-refractivity contribution in [1.29, 1.82) is 0 Å². The second kappa shape index (κ2) is 10.2. The van der Waals surface area contributed by atoms with Crippen LogP contribution in [0.15, 0.2) is 24.5 Å². The van der Waals surface area contributed by atoms with Crippen molar-refractivity contribution >= 4 is 0 Å². The highest BCUT2D eigenvalue weighted by Gasteiger charge is 2.47. The number of aliphatic hydroxyl groups excluding tert-OH is 2. The van der Waals surface area contributed by atoms with E-state index in [-0.39, 0.29) is 16.8 Å². The van der Waals surface area contributed by atoms with E-state index in [1.807, 2.05) is 10.9 Å². The van der Waals surface area contributed by atoms with Crippen molar-refractivity contribution in [3.8, 4) is 11.3 Å². The van der Waals surface area contributed by atoms with Crippen molar-refractivity contribution in [2.45, 2.75) is 70.1 Å². The average molecular weight is 519 g/mol. The summed E-state index contributed by atoms with van der Waals surface area (Å²) in [7, 11) is 1.49. The van der Waals surface area contributed by atoms with E-state index >= 15 is 0 Å². The third-order valence-electron chi connectivity index (χ3n) is 7.57. The summed E-state index contributed by atoms with van der Waals surface area (Å²) >= 11 is 0. The molecule has 7 atom stereocenters. The number of aromatic nitrogens is 6. The van der Waals surface area contributed by atoms with Crippen LogP contribution in [0.2, 0.25) is 0 Å². The van der Waals surface area contributed by atoms with Gasteiger partial charge in [0.1, 0.15) is 30.0 Å². The van der Waals surface area contributed by atoms with Gasteiger partial charge in [0.2, 0.25) is 0 Å². The minimum Gasteiger partial charge on any atom is -0.394 e. The third-order valence-corrected chi connectivity index (χ3v) is 7.57. The van der Waals surface area contributed by atoms with Gasteiger partial charge in [-0.1, -0.05) is 30.3 Å². The number of hydrogen-bond acceptors (Lipinski definition) is 8. The number of halogens is 2. The number of nitrogens with zero attached hydrogens (tertiary/aromatic N) is 6. The molecule has 1 aliphatic carbocycles. The van der Waals surface area contributed by atoms with Gasteiger partial charge in [0.05, 0.1) is 30.6 Å². The zero-order valence-electron chi connectivity index (χ0n) is 21.2. The Hall–Kier alpha value is -2.80. The van der Waals surface area contributed by atoms with Crippen LogP contribution in [0, 0.1) is 30.4 Å². The molecule has 37 heavy (non-hydrogen) atoms. The Morgan fingerprint density at radius 1 is 1.11 bits per heavy atom. The van der Waals surface area contributed by atoms with Crippen molar-refractivity contribution in [1.82, 2.24) is 30.0 Å². The Morgan fingerprint density at radius 2 is 1.86 bits per heavy atom. The first-order valence-corrected chi connectivity index (χ1v) is 12.5. The van der Waals surface area contributed by atoms with Gasteiger partial charge in [0.15, 0.2) is 11.6 Å². The van der Waals surface area contributed by atoms with Gasteiger partial charge in [0.25, 0.3) is 0 Å². The molecule has 2 aromatic heterocycles. The predicted molar refractivity (Wildman–Crippen MR) is 127 cm³/mol. The monoisotopic (exact) mass is 518 g/mol. The molecule has 1 saturated heterocycles. The van der Waals surface area contributed by atoms with E-state index in [2.05, 4.69) is 34.5 Å². The molecule has 0 spiro atoms. The fourth-order valence-electron chi connectivity index (χ4n) is 5.32. The van der Waals surface area contributed by atoms with Gasteiger partial charge < -0.3 is 19.7 Å². The van der Waals surface area contributed by atoms with Gasteiger partial charge in [-0.25, -0.2) is 18.1 Å². The van der Waals surface area contributed by atoms with Crippen LogP contribution in [-0.2, 0) is 15.9 Å². The number of hydrogen-bond donors (Lipinski definition) is 2. The summed E-state index contributed by atoms with van der Waals surface area (Å²) in [5.41, 5.74) is 0.940. The average Bonchev–Trinajstić information content (AvgIpc) is 3.31. The molecule has 5 rings (SSSR count). The summed E-state index contributed by atoms with van der Waals surface area (Å²) < 4.78 is 43.7. The normalized spacial score (nSPS) is 29.7. The van der Waals surface area contributed by atoms with Gasteiger partial charge in [-0.05, 0) is 36.8 Å². The van der Waals surface area contributed by atoms with Crippen LogP contribution < -0.4 is 0 Å². The minimum absolute atomic E-state index is 0.0449. The Kier molecular flexibility index (Phi) is 7.10. The van der Waals surface area contributed by atoms with Crippen LogP contribution in [0.1, 0.15) is 43.6 Å². The van der Waals surface area contributed by atoms with Gasteiger partial charge in [0, 0.05) is 25.3 Å². The molecule has 3 heterocycles. The molecule has 12 heteroatoms. The third kappa shape index (κ3) is 4.78. The molecule has 2 fully saturated rings. The van der Waals surface area contributed by atoms with Gasteiger partial charge >= 0.3 is 0 Å². The SMILES string of the molecule is CO[C@@H]1[C@@H](n2cc(-c3ccc(C)c(F)c3F)nn2)[C@@H](O)[C@@H](CO)O[C@@H]1Cc1cn(C2CC2C(C)C)nn1. The molecule has 2 unspecified atom stereocenters. The van der Waals surface area contributed by atoms with E-state index in [4.69, 9.17) is 9.47 Å². The van der Waals surface area contributed by atoms with Crippen LogP contribution >= 0.6 is 0 Å². The maximum atomic E-state index is 14.6. The smallest absolute Gasteiger partial charge is 0.168 e. The molecule has 200 valence electrons. The standard InChI is InChI=1S/C25H32F2N6O4/c1-12(2)16-8-18(16)32-9-14(28-30-32)7-19-25(36-4)23(24(35)20(11-34)37-19)33-10-17(29-31-33)15-6-5-13(3)21(26)22(15)27/h5-6,9-10,12,16,18-20,23-25,34-35H,7-8,11H2,1-4H3/t16?,18?,19-,20-,23+,24+,25+/m1/s1. The van der Waals surface area contributed by atoms with Crippen molar-refractivity contribution in [2.75, 3.05) is 13.7 Å². The summed E-state index contributed by atoms with van der Waals surface area (Å²) in [6, 6.07) is 2.42. The van der Waals surface area contributed by atoms with E-state index in [1.165, 1.54) is 37.0 Å². The summed E-state index contributed by atoms with van der Waals surface area (Å²) in [5, 5.41) is 37.7. The number of methoxy groups -OCH3 is 1. The summed E-state index contributed by atoms with van der Waals surface area (Å²) in [4.78, 5) is 0. The summed E-state index contributed by atoms with van der Waals surface area (Å²) in [6.45, 7) is 5.43. The molecule has 0 amide bonds.